The Labute approximate surface area is 111 Å². The van der Waals surface area contributed by atoms with Gasteiger partial charge in [-0.1, -0.05) is 69.3 Å². The SMILES string of the molecule is CCc1cccc(C(C)(C)c2ccccc2)c1C. The average molecular weight is 238 g/mol. The van der Waals surface area contributed by atoms with Crippen LogP contribution in [-0.4, -0.2) is 0 Å². The maximum atomic E-state index is 2.31. The summed E-state index contributed by atoms with van der Waals surface area (Å²) in [6, 6.07) is 17.4. The Balaban J connectivity index is 2.54. The molecule has 0 atom stereocenters. The van der Waals surface area contributed by atoms with E-state index in [1.165, 1.54) is 22.3 Å². The molecule has 2 rings (SSSR count). The minimum atomic E-state index is 0.0660. The molecule has 2 aromatic rings. The molecule has 2 aromatic carbocycles. The van der Waals surface area contributed by atoms with Gasteiger partial charge in [0.05, 0.1) is 0 Å². The lowest BCUT2D eigenvalue weighted by atomic mass is 9.75. The molecule has 0 aliphatic rings. The van der Waals surface area contributed by atoms with Crippen LogP contribution in [-0.2, 0) is 11.8 Å². The van der Waals surface area contributed by atoms with Gasteiger partial charge in [0.1, 0.15) is 0 Å². The van der Waals surface area contributed by atoms with Gasteiger partial charge >= 0.3 is 0 Å². The van der Waals surface area contributed by atoms with Gasteiger partial charge in [-0.05, 0) is 35.6 Å². The molecule has 0 N–H and O–H groups in total. The second-order valence-corrected chi connectivity index (χ2v) is 5.43. The predicted octanol–water partition coefficient (Wildman–Crippen LogP) is 4.88. The Morgan fingerprint density at radius 3 is 2.17 bits per heavy atom. The summed E-state index contributed by atoms with van der Waals surface area (Å²) in [5, 5.41) is 0. The molecule has 18 heavy (non-hydrogen) atoms. The Bertz CT molecular complexity index is 521. The molecule has 0 unspecified atom stereocenters. The van der Waals surface area contributed by atoms with E-state index in [9.17, 15) is 0 Å². The van der Waals surface area contributed by atoms with Crippen LogP contribution in [0, 0.1) is 6.92 Å². The Hall–Kier alpha value is -1.56. The molecule has 0 aliphatic carbocycles. The third-order valence-electron chi connectivity index (χ3n) is 4.00. The van der Waals surface area contributed by atoms with Crippen LogP contribution >= 0.6 is 0 Å². The van der Waals surface area contributed by atoms with Crippen LogP contribution in [0.4, 0.5) is 0 Å². The molecule has 0 radical (unpaired) electrons. The summed E-state index contributed by atoms with van der Waals surface area (Å²) in [5.74, 6) is 0. The fourth-order valence-electron chi connectivity index (χ4n) is 2.75. The van der Waals surface area contributed by atoms with Gasteiger partial charge in [0.25, 0.3) is 0 Å². The van der Waals surface area contributed by atoms with Gasteiger partial charge in [0, 0.05) is 5.41 Å². The second-order valence-electron chi connectivity index (χ2n) is 5.43. The summed E-state index contributed by atoms with van der Waals surface area (Å²) in [5.41, 5.74) is 5.77. The van der Waals surface area contributed by atoms with E-state index < -0.39 is 0 Å². The molecular formula is C18H22. The zero-order chi connectivity index (χ0) is 13.2. The highest BCUT2D eigenvalue weighted by atomic mass is 14.3. The molecule has 0 aromatic heterocycles. The van der Waals surface area contributed by atoms with Crippen molar-refractivity contribution in [1.29, 1.82) is 0 Å². The van der Waals surface area contributed by atoms with E-state index in [0.29, 0.717) is 0 Å². The number of rotatable bonds is 3. The first kappa shape index (κ1) is 12.9. The number of benzene rings is 2. The Kier molecular flexibility index (Phi) is 3.56. The van der Waals surface area contributed by atoms with Gasteiger partial charge in [-0.2, -0.15) is 0 Å². The first-order valence-electron chi connectivity index (χ1n) is 6.72. The Morgan fingerprint density at radius 2 is 1.56 bits per heavy atom. The quantitative estimate of drug-likeness (QED) is 0.714. The zero-order valence-corrected chi connectivity index (χ0v) is 11.8. The summed E-state index contributed by atoms with van der Waals surface area (Å²) < 4.78 is 0. The van der Waals surface area contributed by atoms with Crippen molar-refractivity contribution in [3.63, 3.8) is 0 Å². The van der Waals surface area contributed by atoms with Crippen molar-refractivity contribution in [3.8, 4) is 0 Å². The minimum absolute atomic E-state index is 0.0660. The highest BCUT2D eigenvalue weighted by molar-refractivity contribution is 5.44. The second kappa shape index (κ2) is 4.97. The third-order valence-corrected chi connectivity index (χ3v) is 4.00. The van der Waals surface area contributed by atoms with Gasteiger partial charge in [-0.15, -0.1) is 0 Å². The van der Waals surface area contributed by atoms with Crippen LogP contribution in [0.5, 0.6) is 0 Å². The standard InChI is InChI=1S/C18H22/c1-5-15-10-9-13-17(14(15)2)18(3,4)16-11-7-6-8-12-16/h6-13H,5H2,1-4H3. The van der Waals surface area contributed by atoms with E-state index in [2.05, 4.69) is 76.2 Å². The summed E-state index contributed by atoms with van der Waals surface area (Å²) in [7, 11) is 0. The predicted molar refractivity (Wildman–Crippen MR) is 79.1 cm³/mol. The summed E-state index contributed by atoms with van der Waals surface area (Å²) in [6.45, 7) is 9.09. The van der Waals surface area contributed by atoms with E-state index in [1.807, 2.05) is 0 Å². The summed E-state index contributed by atoms with van der Waals surface area (Å²) in [4.78, 5) is 0. The summed E-state index contributed by atoms with van der Waals surface area (Å²) >= 11 is 0. The lowest BCUT2D eigenvalue weighted by Crippen LogP contribution is -2.20. The Morgan fingerprint density at radius 1 is 0.889 bits per heavy atom. The third kappa shape index (κ3) is 2.20. The number of aryl methyl sites for hydroxylation is 1. The first-order chi connectivity index (χ1) is 8.57. The molecule has 0 aliphatic heterocycles. The fourth-order valence-corrected chi connectivity index (χ4v) is 2.75. The van der Waals surface area contributed by atoms with Crippen molar-refractivity contribution in [2.24, 2.45) is 0 Å². The molecule has 0 nitrogen and oxygen atoms in total. The van der Waals surface area contributed by atoms with Gasteiger partial charge in [0.15, 0.2) is 0 Å². The number of hydrogen-bond acceptors (Lipinski definition) is 0. The minimum Gasteiger partial charge on any atom is -0.0622 e. The van der Waals surface area contributed by atoms with Crippen LogP contribution in [0.25, 0.3) is 0 Å². The largest absolute Gasteiger partial charge is 0.0622 e. The zero-order valence-electron chi connectivity index (χ0n) is 11.8. The molecule has 0 heteroatoms. The van der Waals surface area contributed by atoms with Gasteiger partial charge in [0.2, 0.25) is 0 Å². The van der Waals surface area contributed by atoms with Gasteiger partial charge < -0.3 is 0 Å². The van der Waals surface area contributed by atoms with Crippen LogP contribution in [0.2, 0.25) is 0 Å². The molecule has 0 amide bonds. The van der Waals surface area contributed by atoms with Crippen LogP contribution in [0.1, 0.15) is 43.0 Å². The lowest BCUT2D eigenvalue weighted by molar-refractivity contribution is 0.634. The first-order valence-corrected chi connectivity index (χ1v) is 6.72. The van der Waals surface area contributed by atoms with Crippen molar-refractivity contribution in [3.05, 3.63) is 70.8 Å². The molecule has 0 fully saturated rings. The highest BCUT2D eigenvalue weighted by Crippen LogP contribution is 2.34. The van der Waals surface area contributed by atoms with E-state index >= 15 is 0 Å². The molecule has 94 valence electrons. The maximum Gasteiger partial charge on any atom is 0.0149 e. The van der Waals surface area contributed by atoms with Crippen molar-refractivity contribution < 1.29 is 0 Å². The fraction of sp³-hybridized carbons (Fsp3) is 0.333. The number of hydrogen-bond donors (Lipinski definition) is 0. The molecule has 0 spiro atoms. The molecule has 0 bridgehead atoms. The van der Waals surface area contributed by atoms with Crippen molar-refractivity contribution >= 4 is 0 Å². The van der Waals surface area contributed by atoms with E-state index in [4.69, 9.17) is 0 Å². The average Bonchev–Trinajstić information content (AvgIpc) is 2.40. The smallest absolute Gasteiger partial charge is 0.0149 e. The summed E-state index contributed by atoms with van der Waals surface area (Å²) in [6.07, 6.45) is 1.10. The highest BCUT2D eigenvalue weighted by Gasteiger charge is 2.24. The van der Waals surface area contributed by atoms with Gasteiger partial charge in [-0.25, -0.2) is 0 Å². The van der Waals surface area contributed by atoms with Crippen molar-refractivity contribution in [2.75, 3.05) is 0 Å². The normalized spacial score (nSPS) is 11.6. The van der Waals surface area contributed by atoms with Gasteiger partial charge in [-0.3, -0.25) is 0 Å². The van der Waals surface area contributed by atoms with Crippen molar-refractivity contribution in [2.45, 2.75) is 39.5 Å². The van der Waals surface area contributed by atoms with Crippen LogP contribution in [0.3, 0.4) is 0 Å². The molecule has 0 saturated heterocycles. The van der Waals surface area contributed by atoms with Crippen LogP contribution < -0.4 is 0 Å². The van der Waals surface area contributed by atoms with E-state index in [1.54, 1.807) is 0 Å². The van der Waals surface area contributed by atoms with Crippen LogP contribution in [0.15, 0.2) is 48.5 Å². The van der Waals surface area contributed by atoms with E-state index in [0.717, 1.165) is 6.42 Å². The van der Waals surface area contributed by atoms with E-state index in [-0.39, 0.29) is 5.41 Å². The molecular weight excluding hydrogens is 216 g/mol. The lowest BCUT2D eigenvalue weighted by Gasteiger charge is -2.29. The maximum absolute atomic E-state index is 2.31. The molecule has 0 saturated carbocycles. The molecule has 0 heterocycles. The topological polar surface area (TPSA) is 0 Å². The van der Waals surface area contributed by atoms with Crippen molar-refractivity contribution in [1.82, 2.24) is 0 Å². The monoisotopic (exact) mass is 238 g/mol.